The fourth-order valence-electron chi connectivity index (χ4n) is 7.50. The van der Waals surface area contributed by atoms with Crippen LogP contribution in [0, 0.1) is 17.8 Å². The summed E-state index contributed by atoms with van der Waals surface area (Å²) < 4.78 is 11.9. The number of nitrogens with one attached hydrogen (secondary N) is 2. The third-order valence-corrected chi connectivity index (χ3v) is 10.8. The summed E-state index contributed by atoms with van der Waals surface area (Å²) in [5, 5.41) is 6.59. The Morgan fingerprint density at radius 3 is 2.20 bits per heavy atom. The summed E-state index contributed by atoms with van der Waals surface area (Å²) in [4.78, 5) is 60.0. The fourth-order valence-corrected chi connectivity index (χ4v) is 7.73. The van der Waals surface area contributed by atoms with Gasteiger partial charge in [0.05, 0.1) is 42.7 Å². The normalized spacial score (nSPS) is 19.5. The zero-order chi connectivity index (χ0) is 38.6. The lowest BCUT2D eigenvalue weighted by Crippen LogP contribution is -2.62. The smallest absolute Gasteiger partial charge is 0.246 e. The van der Waals surface area contributed by atoms with Crippen molar-refractivity contribution in [1.82, 2.24) is 25.3 Å². The van der Waals surface area contributed by atoms with Crippen molar-refractivity contribution >= 4 is 35.2 Å². The molecule has 4 N–H and O–H groups in total. The van der Waals surface area contributed by atoms with Gasteiger partial charge in [0.1, 0.15) is 6.04 Å². The third-order valence-electron chi connectivity index (χ3n) is 10.5. The fraction of sp³-hybridized carbons (Fsp3) is 0.737. The third kappa shape index (κ3) is 11.9. The molecule has 1 aliphatic heterocycles. The van der Waals surface area contributed by atoms with Crippen LogP contribution in [-0.2, 0) is 35.1 Å². The average molecular weight is 737 g/mol. The lowest BCUT2D eigenvalue weighted by atomic mass is 9.89. The van der Waals surface area contributed by atoms with E-state index in [0.29, 0.717) is 31.0 Å². The minimum Gasteiger partial charge on any atom is -0.379 e. The highest BCUT2D eigenvalue weighted by molar-refractivity contribution is 6.31. The van der Waals surface area contributed by atoms with Crippen LogP contribution in [0.5, 0.6) is 0 Å². The molecule has 1 unspecified atom stereocenters. The molecule has 1 heterocycles. The van der Waals surface area contributed by atoms with E-state index in [1.54, 1.807) is 33.1 Å². The molecule has 13 heteroatoms. The molecule has 1 aromatic rings. The Balaban J connectivity index is 2.21. The first kappa shape index (κ1) is 44.4. The first-order valence-electron chi connectivity index (χ1n) is 18.4. The van der Waals surface area contributed by atoms with Crippen molar-refractivity contribution in [3.8, 4) is 0 Å². The number of carbonyl (C=O) groups is 4. The summed E-state index contributed by atoms with van der Waals surface area (Å²) >= 11 is 6.28. The van der Waals surface area contributed by atoms with E-state index >= 15 is 0 Å². The maximum absolute atomic E-state index is 14.1. The number of nitrogens with zero attached hydrogens (tertiary/aromatic N) is 3. The Bertz CT molecular complexity index is 1270. The van der Waals surface area contributed by atoms with E-state index in [1.807, 2.05) is 82.8 Å². The van der Waals surface area contributed by atoms with E-state index < -0.39 is 42.3 Å². The largest absolute Gasteiger partial charge is 0.379 e. The van der Waals surface area contributed by atoms with Gasteiger partial charge in [-0.05, 0) is 63.7 Å². The van der Waals surface area contributed by atoms with E-state index in [0.717, 1.165) is 18.4 Å². The number of nitrogens with two attached hydrogens (primary N) is 1. The summed E-state index contributed by atoms with van der Waals surface area (Å²) in [5.41, 5.74) is 7.26. The van der Waals surface area contributed by atoms with E-state index in [-0.39, 0.29) is 47.9 Å². The van der Waals surface area contributed by atoms with Crippen molar-refractivity contribution < 1.29 is 28.7 Å². The minimum atomic E-state index is -0.966. The summed E-state index contributed by atoms with van der Waals surface area (Å²) in [6, 6.07) is 4.71. The molecule has 9 atom stereocenters. The molecule has 290 valence electrons. The van der Waals surface area contributed by atoms with Gasteiger partial charge in [0, 0.05) is 45.4 Å². The van der Waals surface area contributed by atoms with Crippen LogP contribution in [0.15, 0.2) is 24.3 Å². The SMILES string of the molecule is CC[C@H](C)[C@@H]([C@@H](CC(=O)N1CCC[C@H]1[C@H](OC)[C@@H](C)C(=O)NCCc1ccccc1Cl)OC)N(C)C(=O)[C@@H](NC(=O)C(C(C)C)N(C)C)[C@H](C)N. The van der Waals surface area contributed by atoms with Crippen molar-refractivity contribution in [2.24, 2.45) is 23.5 Å². The van der Waals surface area contributed by atoms with Crippen LogP contribution in [0.4, 0.5) is 0 Å². The van der Waals surface area contributed by atoms with Crippen LogP contribution in [0.2, 0.25) is 5.02 Å². The molecule has 0 spiro atoms. The molecular weight excluding hydrogens is 672 g/mol. The standard InChI is InChI=1S/C38H65ClN6O6/c1-12-24(4)34(44(9)38(49)32(26(6)40)42-37(48)33(23(2)3)43(7)8)30(50-10)22-31(46)45-21-15-18-29(45)35(51-11)25(5)36(47)41-20-19-27-16-13-14-17-28(27)39/h13-14,16-17,23-26,29-30,32-35H,12,15,18-22,40H2,1-11H3,(H,41,47)(H,42,48)/t24-,25+,26-,29-,30+,32-,33?,34-,35+/m0/s1. The predicted molar refractivity (Wildman–Crippen MR) is 202 cm³/mol. The molecule has 0 bridgehead atoms. The highest BCUT2D eigenvalue weighted by Gasteiger charge is 2.43. The summed E-state index contributed by atoms with van der Waals surface area (Å²) in [5.74, 6) is -1.43. The van der Waals surface area contributed by atoms with Gasteiger partial charge in [-0.1, -0.05) is 70.8 Å². The van der Waals surface area contributed by atoms with E-state index in [9.17, 15) is 19.2 Å². The molecule has 0 saturated carbocycles. The molecule has 1 aromatic carbocycles. The molecule has 12 nitrogen and oxygen atoms in total. The molecule has 0 radical (unpaired) electrons. The Morgan fingerprint density at radius 1 is 1.02 bits per heavy atom. The van der Waals surface area contributed by atoms with E-state index in [2.05, 4.69) is 10.6 Å². The average Bonchev–Trinajstić information content (AvgIpc) is 3.56. The van der Waals surface area contributed by atoms with Crippen molar-refractivity contribution in [3.63, 3.8) is 0 Å². The highest BCUT2D eigenvalue weighted by atomic mass is 35.5. The summed E-state index contributed by atoms with van der Waals surface area (Å²) in [6.07, 6.45) is 1.68. The highest BCUT2D eigenvalue weighted by Crippen LogP contribution is 2.29. The molecule has 2 rings (SSSR count). The molecule has 1 aliphatic rings. The number of benzene rings is 1. The van der Waals surface area contributed by atoms with Gasteiger partial charge in [0.2, 0.25) is 23.6 Å². The number of hydrogen-bond donors (Lipinski definition) is 3. The van der Waals surface area contributed by atoms with E-state index in [4.69, 9.17) is 26.8 Å². The minimum absolute atomic E-state index is 0.0158. The number of halogens is 1. The zero-order valence-electron chi connectivity index (χ0n) is 32.8. The van der Waals surface area contributed by atoms with Crippen LogP contribution < -0.4 is 16.4 Å². The topological polar surface area (TPSA) is 147 Å². The lowest BCUT2D eigenvalue weighted by molar-refractivity contribution is -0.147. The Morgan fingerprint density at radius 2 is 1.67 bits per heavy atom. The molecule has 1 fully saturated rings. The maximum Gasteiger partial charge on any atom is 0.246 e. The van der Waals surface area contributed by atoms with Gasteiger partial charge < -0.3 is 35.6 Å². The maximum atomic E-state index is 14.1. The van der Waals surface area contributed by atoms with Crippen LogP contribution >= 0.6 is 11.6 Å². The number of likely N-dealkylation sites (N-methyl/N-ethyl adjacent to an activating group) is 2. The summed E-state index contributed by atoms with van der Waals surface area (Å²) in [7, 11) is 8.48. The van der Waals surface area contributed by atoms with Crippen molar-refractivity contribution in [1.29, 1.82) is 0 Å². The molecular formula is C38H65ClN6O6. The van der Waals surface area contributed by atoms with Crippen LogP contribution in [0.25, 0.3) is 0 Å². The Kier molecular flexibility index (Phi) is 18.3. The first-order chi connectivity index (χ1) is 24.0. The second kappa shape index (κ2) is 21.1. The quantitative estimate of drug-likeness (QED) is 0.185. The number of likely N-dealkylation sites (tertiary alicyclic amines) is 1. The van der Waals surface area contributed by atoms with Gasteiger partial charge in [0.15, 0.2) is 0 Å². The summed E-state index contributed by atoms with van der Waals surface area (Å²) in [6.45, 7) is 12.5. The van der Waals surface area contributed by atoms with Crippen LogP contribution in [0.1, 0.15) is 72.8 Å². The Hall–Kier alpha value is -2.77. The molecule has 51 heavy (non-hydrogen) atoms. The molecule has 1 saturated heterocycles. The van der Waals surface area contributed by atoms with Gasteiger partial charge >= 0.3 is 0 Å². The van der Waals surface area contributed by atoms with Gasteiger partial charge in [-0.25, -0.2) is 0 Å². The zero-order valence-corrected chi connectivity index (χ0v) is 33.5. The second-order valence-electron chi connectivity index (χ2n) is 14.7. The number of methoxy groups -OCH3 is 2. The van der Waals surface area contributed by atoms with Crippen molar-refractivity contribution in [3.05, 3.63) is 34.9 Å². The number of ether oxygens (including phenoxy) is 2. The van der Waals surface area contributed by atoms with Gasteiger partial charge in [-0.3, -0.25) is 24.1 Å². The lowest BCUT2D eigenvalue weighted by Gasteiger charge is -2.41. The number of hydrogen-bond acceptors (Lipinski definition) is 8. The van der Waals surface area contributed by atoms with Crippen molar-refractivity contribution in [2.45, 2.75) is 116 Å². The second-order valence-corrected chi connectivity index (χ2v) is 15.1. The predicted octanol–water partition coefficient (Wildman–Crippen LogP) is 3.34. The van der Waals surface area contributed by atoms with Gasteiger partial charge in [-0.15, -0.1) is 0 Å². The monoisotopic (exact) mass is 736 g/mol. The van der Waals surface area contributed by atoms with Gasteiger partial charge in [0.25, 0.3) is 0 Å². The molecule has 0 aromatic heterocycles. The molecule has 0 aliphatic carbocycles. The van der Waals surface area contributed by atoms with Gasteiger partial charge in [-0.2, -0.15) is 0 Å². The number of rotatable bonds is 20. The van der Waals surface area contributed by atoms with Crippen LogP contribution in [0.3, 0.4) is 0 Å². The number of amides is 4. The first-order valence-corrected chi connectivity index (χ1v) is 18.7. The Labute approximate surface area is 311 Å². The van der Waals surface area contributed by atoms with Crippen LogP contribution in [-0.4, -0.2) is 129 Å². The van der Waals surface area contributed by atoms with E-state index in [1.165, 1.54) is 0 Å². The van der Waals surface area contributed by atoms with Crippen molar-refractivity contribution in [2.75, 3.05) is 48.5 Å². The molecule has 4 amide bonds. The number of carbonyl (C=O) groups excluding carboxylic acids is 4.